The molecule has 0 saturated heterocycles. The predicted molar refractivity (Wildman–Crippen MR) is 72.5 cm³/mol. The summed E-state index contributed by atoms with van der Waals surface area (Å²) in [5.74, 6) is -1.38. The van der Waals surface area contributed by atoms with Crippen LogP contribution in [0.5, 0.6) is 11.5 Å². The van der Waals surface area contributed by atoms with E-state index in [9.17, 15) is 13.2 Å². The first-order chi connectivity index (χ1) is 9.29. The zero-order valence-electron chi connectivity index (χ0n) is 11.4. The van der Waals surface area contributed by atoms with Gasteiger partial charge < -0.3 is 14.6 Å². The molecular formula is C12H17NO6S. The van der Waals surface area contributed by atoms with Crippen molar-refractivity contribution < 1.29 is 27.8 Å². The van der Waals surface area contributed by atoms with E-state index in [0.717, 1.165) is 0 Å². The van der Waals surface area contributed by atoms with Crippen molar-refractivity contribution in [3.8, 4) is 11.5 Å². The summed E-state index contributed by atoms with van der Waals surface area (Å²) in [7, 11) is -0.915. The van der Waals surface area contributed by atoms with Crippen LogP contribution in [0.25, 0.3) is 0 Å². The van der Waals surface area contributed by atoms with Crippen molar-refractivity contribution in [1.82, 2.24) is 4.72 Å². The molecule has 1 rings (SSSR count). The van der Waals surface area contributed by atoms with Crippen LogP contribution in [0.1, 0.15) is 18.5 Å². The van der Waals surface area contributed by atoms with Crippen molar-refractivity contribution in [3.05, 3.63) is 23.8 Å². The Labute approximate surface area is 117 Å². The number of hydrogen-bond donors (Lipinski definition) is 2. The lowest BCUT2D eigenvalue weighted by Crippen LogP contribution is -2.32. The highest BCUT2D eigenvalue weighted by molar-refractivity contribution is 7.90. The zero-order valence-corrected chi connectivity index (χ0v) is 12.2. The predicted octanol–water partition coefficient (Wildman–Crippen LogP) is 0.769. The molecule has 0 heterocycles. The average Bonchev–Trinajstić information content (AvgIpc) is 2.35. The van der Waals surface area contributed by atoms with Gasteiger partial charge in [0.15, 0.2) is 17.3 Å². The van der Waals surface area contributed by atoms with Crippen molar-refractivity contribution in [3.63, 3.8) is 0 Å². The topological polar surface area (TPSA) is 102 Å². The molecule has 7 nitrogen and oxygen atoms in total. The number of carboxylic acids is 1. The van der Waals surface area contributed by atoms with Crippen molar-refractivity contribution in [2.24, 2.45) is 0 Å². The summed E-state index contributed by atoms with van der Waals surface area (Å²) >= 11 is 0. The number of benzene rings is 1. The van der Waals surface area contributed by atoms with E-state index < -0.39 is 27.8 Å². The van der Waals surface area contributed by atoms with Gasteiger partial charge in [0.2, 0.25) is 10.0 Å². The van der Waals surface area contributed by atoms with Gasteiger partial charge >= 0.3 is 5.97 Å². The molecular weight excluding hydrogens is 286 g/mol. The summed E-state index contributed by atoms with van der Waals surface area (Å²) < 4.78 is 35.6. The summed E-state index contributed by atoms with van der Waals surface area (Å²) in [5, 5.41) is 8.53. The number of rotatable bonds is 7. The van der Waals surface area contributed by atoms with Gasteiger partial charge in [-0.3, -0.25) is 4.79 Å². The monoisotopic (exact) mass is 303 g/mol. The van der Waals surface area contributed by atoms with Gasteiger partial charge in [-0.15, -0.1) is 0 Å². The van der Waals surface area contributed by atoms with Crippen molar-refractivity contribution >= 4 is 16.0 Å². The van der Waals surface area contributed by atoms with Crippen molar-refractivity contribution in [2.45, 2.75) is 13.0 Å². The standard InChI is InChI=1S/C12H17NO6S/c1-8(13-20(16,17)7-12(14)15)9-4-5-10(18-2)11(6-9)19-3/h4-6,8,13H,7H2,1-3H3,(H,14,15). The molecule has 8 heteroatoms. The molecule has 0 aliphatic heterocycles. The number of nitrogens with one attached hydrogen (secondary N) is 1. The van der Waals surface area contributed by atoms with Gasteiger partial charge in [-0.1, -0.05) is 6.07 Å². The minimum Gasteiger partial charge on any atom is -0.493 e. The molecule has 2 N–H and O–H groups in total. The van der Waals surface area contributed by atoms with Crippen LogP contribution in [0.3, 0.4) is 0 Å². The van der Waals surface area contributed by atoms with Crippen molar-refractivity contribution in [2.75, 3.05) is 20.0 Å². The average molecular weight is 303 g/mol. The molecule has 0 amide bonds. The Bertz CT molecular complexity index is 584. The van der Waals surface area contributed by atoms with Gasteiger partial charge in [-0.25, -0.2) is 13.1 Å². The molecule has 0 spiro atoms. The first-order valence-electron chi connectivity index (χ1n) is 5.72. The second kappa shape index (κ2) is 6.58. The fourth-order valence-electron chi connectivity index (χ4n) is 1.66. The molecule has 20 heavy (non-hydrogen) atoms. The van der Waals surface area contributed by atoms with E-state index in [-0.39, 0.29) is 0 Å². The SMILES string of the molecule is COc1ccc(C(C)NS(=O)(=O)CC(=O)O)cc1OC. The molecule has 0 radical (unpaired) electrons. The molecule has 0 aromatic heterocycles. The summed E-state index contributed by atoms with van der Waals surface area (Å²) in [5.41, 5.74) is 0.636. The molecule has 0 saturated carbocycles. The number of ether oxygens (including phenoxy) is 2. The Hall–Kier alpha value is -1.80. The van der Waals surface area contributed by atoms with Crippen LogP contribution in [0.15, 0.2) is 18.2 Å². The van der Waals surface area contributed by atoms with E-state index in [0.29, 0.717) is 17.1 Å². The maximum atomic E-state index is 11.6. The number of methoxy groups -OCH3 is 2. The van der Waals surface area contributed by atoms with E-state index in [1.807, 2.05) is 0 Å². The lowest BCUT2D eigenvalue weighted by Gasteiger charge is -2.16. The maximum Gasteiger partial charge on any atom is 0.320 e. The number of sulfonamides is 1. The normalized spacial score (nSPS) is 12.8. The maximum absolute atomic E-state index is 11.6. The molecule has 0 fully saturated rings. The van der Waals surface area contributed by atoms with E-state index in [1.54, 1.807) is 25.1 Å². The van der Waals surface area contributed by atoms with E-state index in [4.69, 9.17) is 14.6 Å². The van der Waals surface area contributed by atoms with Crippen molar-refractivity contribution in [1.29, 1.82) is 0 Å². The number of aliphatic carboxylic acids is 1. The highest BCUT2D eigenvalue weighted by atomic mass is 32.2. The molecule has 1 aromatic carbocycles. The first kappa shape index (κ1) is 16.3. The van der Waals surface area contributed by atoms with Crippen LogP contribution in [0.2, 0.25) is 0 Å². The lowest BCUT2D eigenvalue weighted by molar-refractivity contribution is -0.134. The third kappa shape index (κ3) is 4.39. The third-order valence-electron chi connectivity index (χ3n) is 2.58. The quantitative estimate of drug-likeness (QED) is 0.771. The molecule has 1 unspecified atom stereocenters. The number of carbonyl (C=O) groups is 1. The van der Waals surface area contributed by atoms with Gasteiger partial charge in [0.05, 0.1) is 14.2 Å². The highest BCUT2D eigenvalue weighted by Gasteiger charge is 2.20. The number of hydrogen-bond acceptors (Lipinski definition) is 5. The Balaban J connectivity index is 2.93. The summed E-state index contributed by atoms with van der Waals surface area (Å²) in [4.78, 5) is 10.5. The largest absolute Gasteiger partial charge is 0.493 e. The van der Waals surface area contributed by atoms with Crippen LogP contribution >= 0.6 is 0 Å². The second-order valence-corrected chi connectivity index (χ2v) is 5.86. The van der Waals surface area contributed by atoms with E-state index >= 15 is 0 Å². The van der Waals surface area contributed by atoms with Crippen LogP contribution in [-0.4, -0.2) is 39.5 Å². The Kier molecular flexibility index (Phi) is 5.34. The van der Waals surface area contributed by atoms with Gasteiger partial charge in [0, 0.05) is 6.04 Å². The fraction of sp³-hybridized carbons (Fsp3) is 0.417. The van der Waals surface area contributed by atoms with E-state index in [1.165, 1.54) is 14.2 Å². The first-order valence-corrected chi connectivity index (χ1v) is 7.38. The smallest absolute Gasteiger partial charge is 0.320 e. The molecule has 0 aliphatic rings. The fourth-order valence-corrected chi connectivity index (χ4v) is 2.75. The number of carboxylic acid groups (broad SMARTS) is 1. The van der Waals surface area contributed by atoms with Crippen LogP contribution in [0.4, 0.5) is 0 Å². The van der Waals surface area contributed by atoms with Crippen LogP contribution in [0, 0.1) is 0 Å². The molecule has 112 valence electrons. The van der Waals surface area contributed by atoms with E-state index in [2.05, 4.69) is 4.72 Å². The Morgan fingerprint density at radius 1 is 1.30 bits per heavy atom. The van der Waals surface area contributed by atoms with Gasteiger partial charge in [0.25, 0.3) is 0 Å². The summed E-state index contributed by atoms with van der Waals surface area (Å²) in [6.45, 7) is 1.61. The van der Waals surface area contributed by atoms with Gasteiger partial charge in [0.1, 0.15) is 0 Å². The van der Waals surface area contributed by atoms with Crippen LogP contribution < -0.4 is 14.2 Å². The Morgan fingerprint density at radius 3 is 2.40 bits per heavy atom. The lowest BCUT2D eigenvalue weighted by atomic mass is 10.1. The summed E-state index contributed by atoms with van der Waals surface area (Å²) in [6.07, 6.45) is 0. The minimum atomic E-state index is -3.89. The van der Waals surface area contributed by atoms with Gasteiger partial charge in [-0.05, 0) is 24.6 Å². The molecule has 0 aliphatic carbocycles. The second-order valence-electron chi connectivity index (χ2n) is 4.11. The Morgan fingerprint density at radius 2 is 1.90 bits per heavy atom. The minimum absolute atomic E-state index is 0.467. The highest BCUT2D eigenvalue weighted by Crippen LogP contribution is 2.30. The molecule has 1 atom stereocenters. The third-order valence-corrected chi connectivity index (χ3v) is 3.92. The van der Waals surface area contributed by atoms with Crippen LogP contribution in [-0.2, 0) is 14.8 Å². The molecule has 0 bridgehead atoms. The summed E-state index contributed by atoms with van der Waals surface area (Å²) in [6, 6.07) is 4.37. The van der Waals surface area contributed by atoms with Gasteiger partial charge in [-0.2, -0.15) is 0 Å². The zero-order chi connectivity index (χ0) is 15.3. The molecule has 1 aromatic rings.